The number of nitrogens with two attached hydrogens (primary N) is 1. The number of aromatic amines is 1. The van der Waals surface area contributed by atoms with E-state index in [4.69, 9.17) is 17.3 Å². The van der Waals surface area contributed by atoms with Crippen molar-refractivity contribution in [2.24, 2.45) is 0 Å². The van der Waals surface area contributed by atoms with Crippen molar-refractivity contribution in [3.05, 3.63) is 20.9 Å². The van der Waals surface area contributed by atoms with Gasteiger partial charge in [0.25, 0.3) is 0 Å². The first-order chi connectivity index (χ1) is 5.70. The van der Waals surface area contributed by atoms with E-state index in [9.17, 15) is 0 Å². The van der Waals surface area contributed by atoms with E-state index in [0.717, 1.165) is 14.6 Å². The van der Waals surface area contributed by atoms with Crippen molar-refractivity contribution >= 4 is 50.8 Å². The first kappa shape index (κ1) is 8.12. The third-order valence-electron chi connectivity index (χ3n) is 1.65. The number of hydrogen-bond donors (Lipinski definition) is 2. The van der Waals surface area contributed by atoms with E-state index in [1.165, 1.54) is 0 Å². The number of nitrogen functional groups attached to an aromatic ring is 1. The van der Waals surface area contributed by atoms with Crippen LogP contribution < -0.4 is 5.73 Å². The molecule has 2 rings (SSSR count). The fraction of sp³-hybridized carbons (Fsp3) is 0. The predicted octanol–water partition coefficient (Wildman–Crippen LogP) is 2.40. The molecular weight excluding hydrogens is 288 g/mol. The Kier molecular flexibility index (Phi) is 1.88. The lowest BCUT2D eigenvalue weighted by Gasteiger charge is -1.96. The molecule has 3 nitrogen and oxygen atoms in total. The standard InChI is InChI=1S/C7H5ClIN3/c8-5-4(10)2-1-3-6(5)11-12-7(3)9/h1-2H,10H2,(H,11,12). The molecular formula is C7H5ClIN3. The lowest BCUT2D eigenvalue weighted by atomic mass is 10.2. The van der Waals surface area contributed by atoms with Crippen LogP contribution in [0.5, 0.6) is 0 Å². The second kappa shape index (κ2) is 2.77. The smallest absolute Gasteiger partial charge is 0.114 e. The number of hydrogen-bond acceptors (Lipinski definition) is 2. The molecule has 0 spiro atoms. The van der Waals surface area contributed by atoms with E-state index in [1.54, 1.807) is 6.07 Å². The molecule has 0 atom stereocenters. The number of aromatic nitrogens is 2. The van der Waals surface area contributed by atoms with Crippen molar-refractivity contribution in [2.75, 3.05) is 5.73 Å². The fourth-order valence-corrected chi connectivity index (χ4v) is 1.79. The van der Waals surface area contributed by atoms with Gasteiger partial charge in [-0.3, -0.25) is 5.10 Å². The summed E-state index contributed by atoms with van der Waals surface area (Å²) in [7, 11) is 0. The highest BCUT2D eigenvalue weighted by molar-refractivity contribution is 14.1. The van der Waals surface area contributed by atoms with Gasteiger partial charge in [0.15, 0.2) is 0 Å². The van der Waals surface area contributed by atoms with E-state index in [-0.39, 0.29) is 0 Å². The van der Waals surface area contributed by atoms with Gasteiger partial charge in [-0.15, -0.1) is 0 Å². The Labute approximate surface area is 87.4 Å². The normalized spacial score (nSPS) is 10.8. The van der Waals surface area contributed by atoms with Gasteiger partial charge in [-0.05, 0) is 34.7 Å². The monoisotopic (exact) mass is 293 g/mol. The average Bonchev–Trinajstić information content (AvgIpc) is 2.41. The van der Waals surface area contributed by atoms with Crippen LogP contribution >= 0.6 is 34.2 Å². The van der Waals surface area contributed by atoms with Gasteiger partial charge in [0, 0.05) is 5.39 Å². The number of anilines is 1. The molecule has 0 aliphatic rings. The van der Waals surface area contributed by atoms with Gasteiger partial charge in [-0.1, -0.05) is 11.6 Å². The van der Waals surface area contributed by atoms with Gasteiger partial charge < -0.3 is 5.73 Å². The SMILES string of the molecule is Nc1ccc2c(I)[nH]nc2c1Cl. The van der Waals surface area contributed by atoms with Crippen LogP contribution in [0.4, 0.5) is 5.69 Å². The van der Waals surface area contributed by atoms with Crippen LogP contribution in [0.2, 0.25) is 5.02 Å². The van der Waals surface area contributed by atoms with Crippen LogP contribution in [0.3, 0.4) is 0 Å². The number of H-pyrrole nitrogens is 1. The number of rotatable bonds is 0. The maximum absolute atomic E-state index is 5.93. The lowest BCUT2D eigenvalue weighted by molar-refractivity contribution is 1.09. The second-order valence-corrected chi connectivity index (χ2v) is 3.86. The summed E-state index contributed by atoms with van der Waals surface area (Å²) in [6.07, 6.45) is 0. The van der Waals surface area contributed by atoms with E-state index in [1.807, 2.05) is 6.07 Å². The van der Waals surface area contributed by atoms with E-state index in [0.29, 0.717) is 10.7 Å². The Morgan fingerprint density at radius 1 is 1.50 bits per heavy atom. The van der Waals surface area contributed by atoms with E-state index < -0.39 is 0 Å². The average molecular weight is 293 g/mol. The van der Waals surface area contributed by atoms with Gasteiger partial charge in [-0.2, -0.15) is 5.10 Å². The zero-order chi connectivity index (χ0) is 8.72. The Hall–Kier alpha value is -0.490. The zero-order valence-corrected chi connectivity index (χ0v) is 8.85. The number of halogens is 2. The van der Waals surface area contributed by atoms with Gasteiger partial charge in [0.1, 0.15) is 9.22 Å². The van der Waals surface area contributed by atoms with Crippen LogP contribution in [0, 0.1) is 3.70 Å². The van der Waals surface area contributed by atoms with Crippen molar-refractivity contribution in [2.45, 2.75) is 0 Å². The summed E-state index contributed by atoms with van der Waals surface area (Å²) in [5.74, 6) is 0. The second-order valence-electron chi connectivity index (χ2n) is 2.40. The molecule has 12 heavy (non-hydrogen) atoms. The lowest BCUT2D eigenvalue weighted by Crippen LogP contribution is -1.85. The number of benzene rings is 1. The summed E-state index contributed by atoms with van der Waals surface area (Å²) in [6.45, 7) is 0. The summed E-state index contributed by atoms with van der Waals surface area (Å²) in [4.78, 5) is 0. The molecule has 0 radical (unpaired) electrons. The molecule has 0 aliphatic carbocycles. The molecule has 62 valence electrons. The van der Waals surface area contributed by atoms with Gasteiger partial charge in [0.2, 0.25) is 0 Å². The molecule has 0 fully saturated rings. The minimum absolute atomic E-state index is 0.520. The molecule has 0 unspecified atom stereocenters. The molecule has 2 aromatic rings. The van der Waals surface area contributed by atoms with Crippen LogP contribution in [0.1, 0.15) is 0 Å². The predicted molar refractivity (Wildman–Crippen MR) is 58.2 cm³/mol. The molecule has 1 aromatic carbocycles. The molecule has 0 saturated heterocycles. The topological polar surface area (TPSA) is 54.7 Å². The van der Waals surface area contributed by atoms with Crippen LogP contribution in [-0.2, 0) is 0 Å². The van der Waals surface area contributed by atoms with Crippen molar-refractivity contribution < 1.29 is 0 Å². The molecule has 0 saturated carbocycles. The number of nitrogens with zero attached hydrogens (tertiary/aromatic N) is 1. The summed E-state index contributed by atoms with van der Waals surface area (Å²) >= 11 is 8.09. The Morgan fingerprint density at radius 2 is 2.25 bits per heavy atom. The van der Waals surface area contributed by atoms with Crippen molar-refractivity contribution in [3.8, 4) is 0 Å². The zero-order valence-electron chi connectivity index (χ0n) is 5.94. The van der Waals surface area contributed by atoms with Crippen molar-refractivity contribution in [1.82, 2.24) is 10.2 Å². The Morgan fingerprint density at radius 3 is 3.00 bits per heavy atom. The molecule has 1 aromatic heterocycles. The minimum Gasteiger partial charge on any atom is -0.397 e. The third kappa shape index (κ3) is 1.06. The Balaban J connectivity index is 2.93. The number of fused-ring (bicyclic) bond motifs is 1. The first-order valence-corrected chi connectivity index (χ1v) is 4.73. The highest BCUT2D eigenvalue weighted by Gasteiger charge is 2.07. The molecule has 1 heterocycles. The van der Waals surface area contributed by atoms with Crippen molar-refractivity contribution in [1.29, 1.82) is 0 Å². The largest absolute Gasteiger partial charge is 0.397 e. The minimum atomic E-state index is 0.520. The van der Waals surface area contributed by atoms with Crippen LogP contribution in [0.15, 0.2) is 12.1 Å². The van der Waals surface area contributed by atoms with Gasteiger partial charge in [-0.25, -0.2) is 0 Å². The highest BCUT2D eigenvalue weighted by Crippen LogP contribution is 2.29. The summed E-state index contributed by atoms with van der Waals surface area (Å²) in [6, 6.07) is 3.68. The Bertz CT molecular complexity index is 437. The summed E-state index contributed by atoms with van der Waals surface area (Å²) in [5.41, 5.74) is 6.91. The fourth-order valence-electron chi connectivity index (χ4n) is 1.03. The van der Waals surface area contributed by atoms with Gasteiger partial charge >= 0.3 is 0 Å². The maximum Gasteiger partial charge on any atom is 0.114 e. The van der Waals surface area contributed by atoms with Crippen molar-refractivity contribution in [3.63, 3.8) is 0 Å². The van der Waals surface area contributed by atoms with E-state index in [2.05, 4.69) is 32.8 Å². The maximum atomic E-state index is 5.93. The van der Waals surface area contributed by atoms with Gasteiger partial charge in [0.05, 0.1) is 10.7 Å². The molecule has 0 bridgehead atoms. The molecule has 3 N–H and O–H groups in total. The van der Waals surface area contributed by atoms with Crippen LogP contribution in [-0.4, -0.2) is 10.2 Å². The van der Waals surface area contributed by atoms with E-state index >= 15 is 0 Å². The number of nitrogens with one attached hydrogen (secondary N) is 1. The molecule has 0 aliphatic heterocycles. The first-order valence-electron chi connectivity index (χ1n) is 3.27. The molecule has 0 amide bonds. The summed E-state index contributed by atoms with van der Waals surface area (Å²) in [5, 5.41) is 8.40. The molecule has 5 heteroatoms. The van der Waals surface area contributed by atoms with Crippen LogP contribution in [0.25, 0.3) is 10.9 Å². The highest BCUT2D eigenvalue weighted by atomic mass is 127. The summed E-state index contributed by atoms with van der Waals surface area (Å²) < 4.78 is 0.976. The quantitative estimate of drug-likeness (QED) is 0.579. The third-order valence-corrected chi connectivity index (χ3v) is 2.87.